The van der Waals surface area contributed by atoms with Crippen LogP contribution in [0.4, 0.5) is 5.69 Å². The van der Waals surface area contributed by atoms with Gasteiger partial charge in [0.25, 0.3) is 5.69 Å². The summed E-state index contributed by atoms with van der Waals surface area (Å²) in [4.78, 5) is 22.2. The summed E-state index contributed by atoms with van der Waals surface area (Å²) in [5, 5.41) is 10.8. The Kier molecular flexibility index (Phi) is 4.71. The van der Waals surface area contributed by atoms with E-state index < -0.39 is 17.0 Å². The maximum absolute atomic E-state index is 11.9. The highest BCUT2D eigenvalue weighted by Gasteiger charge is 2.18. The van der Waals surface area contributed by atoms with Gasteiger partial charge in [0, 0.05) is 25.3 Å². The van der Waals surface area contributed by atoms with Crippen molar-refractivity contribution in [3.8, 4) is 0 Å². The average molecular weight is 296 g/mol. The smallest absolute Gasteiger partial charge is 0.408 e. The number of nitrogens with zero attached hydrogens (tertiary/aromatic N) is 2. The Bertz CT molecular complexity index is 684. The van der Waals surface area contributed by atoms with Crippen LogP contribution in [0.5, 0.6) is 0 Å². The van der Waals surface area contributed by atoms with Crippen LogP contribution < -0.4 is 5.76 Å². The molecule has 8 heteroatoms. The SMILES string of the molecule is CCOC(Cn1c(=O)oc2ccc([N+](=O)[O-])cc21)OCC. The van der Waals surface area contributed by atoms with Crippen LogP contribution in [0.25, 0.3) is 11.1 Å². The van der Waals surface area contributed by atoms with Crippen LogP contribution in [0.3, 0.4) is 0 Å². The first kappa shape index (κ1) is 15.2. The Morgan fingerprint density at radius 2 is 2.00 bits per heavy atom. The number of hydrogen-bond donors (Lipinski definition) is 0. The zero-order valence-electron chi connectivity index (χ0n) is 11.8. The fourth-order valence-electron chi connectivity index (χ4n) is 2.01. The van der Waals surface area contributed by atoms with Crippen molar-refractivity contribution in [3.05, 3.63) is 38.9 Å². The van der Waals surface area contributed by atoms with Crippen LogP contribution >= 0.6 is 0 Å². The minimum absolute atomic E-state index is 0.106. The van der Waals surface area contributed by atoms with E-state index in [0.717, 1.165) is 0 Å². The van der Waals surface area contributed by atoms with Crippen molar-refractivity contribution in [1.29, 1.82) is 0 Å². The van der Waals surface area contributed by atoms with Crippen molar-refractivity contribution in [2.45, 2.75) is 26.7 Å². The molecule has 1 aromatic heterocycles. The van der Waals surface area contributed by atoms with E-state index >= 15 is 0 Å². The predicted octanol–water partition coefficient (Wildman–Crippen LogP) is 1.90. The zero-order chi connectivity index (χ0) is 15.4. The van der Waals surface area contributed by atoms with Crippen LogP contribution in [0, 0.1) is 10.1 Å². The number of benzene rings is 1. The van der Waals surface area contributed by atoms with Gasteiger partial charge in [-0.2, -0.15) is 0 Å². The molecule has 0 fully saturated rings. The van der Waals surface area contributed by atoms with Crippen LogP contribution in [-0.4, -0.2) is 29.0 Å². The molecule has 0 amide bonds. The number of nitro benzene ring substituents is 1. The number of fused-ring (bicyclic) bond motifs is 1. The molecule has 0 saturated carbocycles. The first-order chi connectivity index (χ1) is 10.1. The van der Waals surface area contributed by atoms with Crippen molar-refractivity contribution in [1.82, 2.24) is 4.57 Å². The quantitative estimate of drug-likeness (QED) is 0.440. The molecular formula is C13H16N2O6. The fraction of sp³-hybridized carbons (Fsp3) is 0.462. The van der Waals surface area contributed by atoms with Crippen molar-refractivity contribution < 1.29 is 18.8 Å². The van der Waals surface area contributed by atoms with E-state index in [-0.39, 0.29) is 17.8 Å². The van der Waals surface area contributed by atoms with Gasteiger partial charge in [-0.15, -0.1) is 0 Å². The molecule has 0 atom stereocenters. The van der Waals surface area contributed by atoms with E-state index in [9.17, 15) is 14.9 Å². The summed E-state index contributed by atoms with van der Waals surface area (Å²) < 4.78 is 17.1. The van der Waals surface area contributed by atoms with Crippen molar-refractivity contribution in [2.24, 2.45) is 0 Å². The lowest BCUT2D eigenvalue weighted by atomic mass is 10.3. The average Bonchev–Trinajstić information content (AvgIpc) is 2.75. The van der Waals surface area contributed by atoms with Gasteiger partial charge in [-0.3, -0.25) is 14.7 Å². The molecule has 0 spiro atoms. The monoisotopic (exact) mass is 296 g/mol. The number of ether oxygens (including phenoxy) is 2. The topological polar surface area (TPSA) is 96.7 Å². The van der Waals surface area contributed by atoms with Gasteiger partial charge < -0.3 is 13.9 Å². The largest absolute Gasteiger partial charge is 0.420 e. The Hall–Kier alpha value is -2.19. The lowest BCUT2D eigenvalue weighted by molar-refractivity contribution is -0.384. The highest BCUT2D eigenvalue weighted by Crippen LogP contribution is 2.20. The minimum atomic E-state index is -0.613. The maximum atomic E-state index is 11.9. The fourth-order valence-corrected chi connectivity index (χ4v) is 2.01. The molecule has 0 unspecified atom stereocenters. The third kappa shape index (κ3) is 3.29. The van der Waals surface area contributed by atoms with Gasteiger partial charge in [-0.05, 0) is 19.9 Å². The van der Waals surface area contributed by atoms with E-state index in [2.05, 4.69) is 0 Å². The number of hydrogen-bond acceptors (Lipinski definition) is 6. The van der Waals surface area contributed by atoms with Gasteiger partial charge in [0.1, 0.15) is 0 Å². The maximum Gasteiger partial charge on any atom is 0.420 e. The molecule has 0 aliphatic carbocycles. The third-order valence-corrected chi connectivity index (χ3v) is 2.90. The molecule has 0 radical (unpaired) electrons. The summed E-state index contributed by atoms with van der Waals surface area (Å²) in [6.45, 7) is 4.58. The molecule has 8 nitrogen and oxygen atoms in total. The molecule has 114 valence electrons. The molecule has 0 bridgehead atoms. The van der Waals surface area contributed by atoms with Crippen molar-refractivity contribution >= 4 is 16.8 Å². The molecule has 2 aromatic rings. The van der Waals surface area contributed by atoms with Crippen LogP contribution in [0.2, 0.25) is 0 Å². The third-order valence-electron chi connectivity index (χ3n) is 2.90. The lowest BCUT2D eigenvalue weighted by Crippen LogP contribution is -2.28. The highest BCUT2D eigenvalue weighted by molar-refractivity contribution is 5.75. The Morgan fingerprint density at radius 1 is 1.33 bits per heavy atom. The second kappa shape index (κ2) is 6.51. The number of oxazole rings is 1. The second-order valence-electron chi connectivity index (χ2n) is 4.23. The van der Waals surface area contributed by atoms with Gasteiger partial charge in [0.05, 0.1) is 17.0 Å². The summed E-state index contributed by atoms with van der Waals surface area (Å²) in [5.74, 6) is -0.602. The summed E-state index contributed by atoms with van der Waals surface area (Å²) in [5.41, 5.74) is 0.525. The number of rotatable bonds is 7. The first-order valence-corrected chi connectivity index (χ1v) is 6.57. The van der Waals surface area contributed by atoms with E-state index in [4.69, 9.17) is 13.9 Å². The second-order valence-corrected chi connectivity index (χ2v) is 4.23. The van der Waals surface area contributed by atoms with E-state index in [1.165, 1.54) is 22.8 Å². The number of aromatic nitrogens is 1. The predicted molar refractivity (Wildman–Crippen MR) is 74.2 cm³/mol. The Labute approximate surface area is 120 Å². The zero-order valence-corrected chi connectivity index (χ0v) is 11.8. The summed E-state index contributed by atoms with van der Waals surface area (Å²) >= 11 is 0. The van der Waals surface area contributed by atoms with E-state index in [0.29, 0.717) is 18.7 Å². The van der Waals surface area contributed by atoms with Crippen LogP contribution in [0.15, 0.2) is 27.4 Å². The van der Waals surface area contributed by atoms with Crippen LogP contribution in [-0.2, 0) is 16.0 Å². The van der Waals surface area contributed by atoms with E-state index in [1.807, 2.05) is 13.8 Å². The summed E-state index contributed by atoms with van der Waals surface area (Å²) in [7, 11) is 0. The van der Waals surface area contributed by atoms with Gasteiger partial charge in [0.15, 0.2) is 11.9 Å². The molecule has 0 N–H and O–H groups in total. The molecule has 1 aromatic carbocycles. The number of nitro groups is 1. The standard InChI is InChI=1S/C13H16N2O6/c1-3-19-12(20-4-2)8-14-10-7-9(15(17)18)5-6-11(10)21-13(14)16/h5-7,12H,3-4,8H2,1-2H3. The van der Waals surface area contributed by atoms with Gasteiger partial charge in [-0.1, -0.05) is 0 Å². The van der Waals surface area contributed by atoms with Gasteiger partial charge in [0.2, 0.25) is 0 Å². The van der Waals surface area contributed by atoms with Crippen LogP contribution in [0.1, 0.15) is 13.8 Å². The first-order valence-electron chi connectivity index (χ1n) is 6.57. The van der Waals surface area contributed by atoms with Crippen molar-refractivity contribution in [3.63, 3.8) is 0 Å². The summed E-state index contributed by atoms with van der Waals surface area (Å²) in [6, 6.07) is 4.00. The molecule has 21 heavy (non-hydrogen) atoms. The molecule has 0 aliphatic rings. The minimum Gasteiger partial charge on any atom is -0.408 e. The Balaban J connectivity index is 2.41. The van der Waals surface area contributed by atoms with Gasteiger partial charge >= 0.3 is 5.76 Å². The highest BCUT2D eigenvalue weighted by atomic mass is 16.7. The molecule has 0 saturated heterocycles. The van der Waals surface area contributed by atoms with Crippen molar-refractivity contribution in [2.75, 3.05) is 13.2 Å². The number of non-ortho nitro benzene ring substituents is 1. The molecule has 2 rings (SSSR count). The summed E-state index contributed by atoms with van der Waals surface area (Å²) in [6.07, 6.45) is -0.613. The molecule has 0 aliphatic heterocycles. The lowest BCUT2D eigenvalue weighted by Gasteiger charge is -2.16. The normalized spacial score (nSPS) is 11.4. The van der Waals surface area contributed by atoms with E-state index in [1.54, 1.807) is 0 Å². The Morgan fingerprint density at radius 3 is 2.57 bits per heavy atom. The van der Waals surface area contributed by atoms with Gasteiger partial charge in [-0.25, -0.2) is 4.79 Å². The molecule has 1 heterocycles. The molecular weight excluding hydrogens is 280 g/mol.